The Morgan fingerprint density at radius 1 is 0.233 bits per heavy atom. The Labute approximate surface area is 430 Å². The predicted octanol–water partition coefficient (Wildman–Crippen LogP) is 20.5. The summed E-state index contributed by atoms with van der Waals surface area (Å²) in [6.07, 6.45) is 0. The molecule has 0 atom stereocenters. The molecule has 0 spiro atoms. The van der Waals surface area contributed by atoms with Gasteiger partial charge in [0.2, 0.25) is 0 Å². The van der Waals surface area contributed by atoms with E-state index in [4.69, 9.17) is 0 Å². The van der Waals surface area contributed by atoms with Crippen molar-refractivity contribution in [2.24, 2.45) is 0 Å². The molecule has 0 radical (unpaired) electrons. The summed E-state index contributed by atoms with van der Waals surface area (Å²) in [4.78, 5) is 4.90. The standard InChI is InChI=1S/C70H48N2S/c1-3-18-49(19-4-1)51-36-38-52(39-37-51)53-42-44-59(45-43-53)71(60-26-15-24-56(47-60)57-41-40-50-20-7-8-23-55(50)46-57)66-32-12-10-29-63(66)58-25-16-27-61(48-58)72(67-33-13-9-28-62(67)54-21-5-2-6-22-54)68-34-17-31-65-64-30-11-14-35-69(64)73-70(65)68/h1-48H. The van der Waals surface area contributed by atoms with Gasteiger partial charge in [0.05, 0.1) is 21.8 Å². The van der Waals surface area contributed by atoms with Crippen LogP contribution < -0.4 is 9.80 Å². The Bertz CT molecular complexity index is 4080. The molecule has 0 aliphatic heterocycles. The molecule has 344 valence electrons. The molecule has 0 fully saturated rings. The van der Waals surface area contributed by atoms with Crippen molar-refractivity contribution in [3.05, 3.63) is 291 Å². The minimum atomic E-state index is 1.07. The number of hydrogen-bond acceptors (Lipinski definition) is 3. The van der Waals surface area contributed by atoms with E-state index in [-0.39, 0.29) is 0 Å². The van der Waals surface area contributed by atoms with E-state index < -0.39 is 0 Å². The van der Waals surface area contributed by atoms with E-state index in [1.165, 1.54) is 69.9 Å². The minimum absolute atomic E-state index is 1.07. The van der Waals surface area contributed by atoms with E-state index in [2.05, 4.69) is 301 Å². The SMILES string of the molecule is c1ccc(-c2ccc(-c3ccc(N(c4cccc(-c5ccc6ccccc6c5)c4)c4ccccc4-c4cccc(N(c5ccccc5-c5ccccc5)c5cccc6c5sc5ccccc56)c4)cc3)cc2)cc1. The number of anilines is 6. The zero-order chi connectivity index (χ0) is 48.5. The summed E-state index contributed by atoms with van der Waals surface area (Å²) < 4.78 is 2.54. The van der Waals surface area contributed by atoms with Crippen LogP contribution in [0, 0.1) is 0 Å². The summed E-state index contributed by atoms with van der Waals surface area (Å²) in [6, 6.07) is 106. The Balaban J connectivity index is 0.960. The van der Waals surface area contributed by atoms with E-state index in [1.807, 2.05) is 11.3 Å². The first kappa shape index (κ1) is 43.7. The molecular weight excluding hydrogens is 901 g/mol. The Morgan fingerprint density at radius 2 is 0.685 bits per heavy atom. The number of para-hydroxylation sites is 2. The monoisotopic (exact) mass is 948 g/mol. The first-order valence-electron chi connectivity index (χ1n) is 24.9. The van der Waals surface area contributed by atoms with Crippen molar-refractivity contribution in [3.8, 4) is 55.6 Å². The summed E-state index contributed by atoms with van der Waals surface area (Å²) in [6.45, 7) is 0. The highest BCUT2D eigenvalue weighted by Gasteiger charge is 2.23. The largest absolute Gasteiger partial charge is 0.310 e. The van der Waals surface area contributed by atoms with Gasteiger partial charge in [0.1, 0.15) is 0 Å². The maximum absolute atomic E-state index is 2.47. The lowest BCUT2D eigenvalue weighted by Gasteiger charge is -2.30. The third kappa shape index (κ3) is 8.42. The topological polar surface area (TPSA) is 6.48 Å². The fourth-order valence-electron chi connectivity index (χ4n) is 10.5. The second-order valence-corrected chi connectivity index (χ2v) is 19.5. The van der Waals surface area contributed by atoms with E-state index in [0.29, 0.717) is 0 Å². The average Bonchev–Trinajstić information content (AvgIpc) is 3.86. The number of fused-ring (bicyclic) bond motifs is 4. The van der Waals surface area contributed by atoms with Gasteiger partial charge in [-0.05, 0) is 122 Å². The molecular formula is C70H48N2S. The number of rotatable bonds is 11. The lowest BCUT2D eigenvalue weighted by molar-refractivity contribution is 1.28. The van der Waals surface area contributed by atoms with E-state index in [0.717, 1.165) is 50.8 Å². The molecule has 12 aromatic carbocycles. The molecule has 0 aliphatic rings. The molecule has 13 rings (SSSR count). The molecule has 13 aromatic rings. The fraction of sp³-hybridized carbons (Fsp3) is 0. The zero-order valence-electron chi connectivity index (χ0n) is 40.0. The highest BCUT2D eigenvalue weighted by Crippen LogP contribution is 2.49. The molecule has 0 N–H and O–H groups in total. The molecule has 73 heavy (non-hydrogen) atoms. The minimum Gasteiger partial charge on any atom is -0.310 e. The molecule has 3 heteroatoms. The van der Waals surface area contributed by atoms with Crippen molar-refractivity contribution in [3.63, 3.8) is 0 Å². The fourth-order valence-corrected chi connectivity index (χ4v) is 11.7. The van der Waals surface area contributed by atoms with E-state index >= 15 is 0 Å². The molecule has 1 heterocycles. The smallest absolute Gasteiger partial charge is 0.0640 e. The van der Waals surface area contributed by atoms with Gasteiger partial charge in [-0.15, -0.1) is 11.3 Å². The van der Waals surface area contributed by atoms with Gasteiger partial charge >= 0.3 is 0 Å². The highest BCUT2D eigenvalue weighted by molar-refractivity contribution is 7.26. The molecule has 0 aliphatic carbocycles. The van der Waals surface area contributed by atoms with Crippen LogP contribution in [0.3, 0.4) is 0 Å². The lowest BCUT2D eigenvalue weighted by Crippen LogP contribution is -2.12. The van der Waals surface area contributed by atoms with Crippen molar-refractivity contribution in [1.82, 2.24) is 0 Å². The highest BCUT2D eigenvalue weighted by atomic mass is 32.1. The summed E-state index contributed by atoms with van der Waals surface area (Å²) in [5, 5.41) is 5.00. The molecule has 0 amide bonds. The maximum atomic E-state index is 2.47. The third-order valence-corrected chi connectivity index (χ3v) is 15.3. The van der Waals surface area contributed by atoms with Crippen LogP contribution in [0.25, 0.3) is 86.6 Å². The van der Waals surface area contributed by atoms with Crippen molar-refractivity contribution in [2.45, 2.75) is 0 Å². The van der Waals surface area contributed by atoms with Crippen LogP contribution in [0.2, 0.25) is 0 Å². The first-order valence-corrected chi connectivity index (χ1v) is 25.7. The van der Waals surface area contributed by atoms with Gasteiger partial charge in [0, 0.05) is 43.7 Å². The number of benzene rings is 12. The quantitative estimate of drug-likeness (QED) is 0.127. The Hall–Kier alpha value is -9.28. The first-order chi connectivity index (χ1) is 36.2. The van der Waals surface area contributed by atoms with Gasteiger partial charge in [-0.25, -0.2) is 0 Å². The predicted molar refractivity (Wildman–Crippen MR) is 313 cm³/mol. The lowest BCUT2D eigenvalue weighted by atomic mass is 9.97. The van der Waals surface area contributed by atoms with Gasteiger partial charge < -0.3 is 9.80 Å². The molecule has 1 aromatic heterocycles. The maximum Gasteiger partial charge on any atom is 0.0640 e. The summed E-state index contributed by atoms with van der Waals surface area (Å²) >= 11 is 1.86. The van der Waals surface area contributed by atoms with Gasteiger partial charge in [-0.1, -0.05) is 224 Å². The van der Waals surface area contributed by atoms with Crippen LogP contribution in [0.1, 0.15) is 0 Å². The van der Waals surface area contributed by atoms with Gasteiger partial charge in [0.15, 0.2) is 0 Å². The van der Waals surface area contributed by atoms with E-state index in [9.17, 15) is 0 Å². The van der Waals surface area contributed by atoms with Crippen LogP contribution in [0.4, 0.5) is 34.1 Å². The molecule has 0 saturated heterocycles. The molecule has 0 unspecified atom stereocenters. The van der Waals surface area contributed by atoms with Crippen LogP contribution in [-0.4, -0.2) is 0 Å². The van der Waals surface area contributed by atoms with Crippen LogP contribution in [0.15, 0.2) is 291 Å². The second kappa shape index (κ2) is 19.1. The van der Waals surface area contributed by atoms with Crippen molar-refractivity contribution < 1.29 is 0 Å². The van der Waals surface area contributed by atoms with Gasteiger partial charge in [-0.3, -0.25) is 0 Å². The summed E-state index contributed by atoms with van der Waals surface area (Å²) in [5.41, 5.74) is 18.2. The number of nitrogens with zero attached hydrogens (tertiary/aromatic N) is 2. The van der Waals surface area contributed by atoms with Crippen LogP contribution in [-0.2, 0) is 0 Å². The average molecular weight is 949 g/mol. The normalized spacial score (nSPS) is 11.3. The number of thiophene rings is 1. The van der Waals surface area contributed by atoms with Crippen molar-refractivity contribution in [1.29, 1.82) is 0 Å². The number of hydrogen-bond donors (Lipinski definition) is 0. The van der Waals surface area contributed by atoms with Gasteiger partial charge in [0.25, 0.3) is 0 Å². The Kier molecular flexibility index (Phi) is 11.5. The van der Waals surface area contributed by atoms with E-state index in [1.54, 1.807) is 0 Å². The van der Waals surface area contributed by atoms with Gasteiger partial charge in [-0.2, -0.15) is 0 Å². The van der Waals surface area contributed by atoms with Crippen molar-refractivity contribution >= 4 is 76.4 Å². The molecule has 2 nitrogen and oxygen atoms in total. The molecule has 0 saturated carbocycles. The van der Waals surface area contributed by atoms with Crippen LogP contribution in [0.5, 0.6) is 0 Å². The van der Waals surface area contributed by atoms with Crippen molar-refractivity contribution in [2.75, 3.05) is 9.80 Å². The third-order valence-electron chi connectivity index (χ3n) is 14.1. The Morgan fingerprint density at radius 3 is 1.41 bits per heavy atom. The molecule has 0 bridgehead atoms. The summed E-state index contributed by atoms with van der Waals surface area (Å²) in [5.74, 6) is 0. The van der Waals surface area contributed by atoms with Crippen LogP contribution >= 0.6 is 11.3 Å². The zero-order valence-corrected chi connectivity index (χ0v) is 40.8. The second-order valence-electron chi connectivity index (χ2n) is 18.5. The summed E-state index contributed by atoms with van der Waals surface area (Å²) in [7, 11) is 0.